The first-order valence-corrected chi connectivity index (χ1v) is 3.70. The molecule has 1 aromatic carbocycles. The fourth-order valence-corrected chi connectivity index (χ4v) is 1.15. The molecule has 0 unspecified atom stereocenters. The first-order chi connectivity index (χ1) is 5.15. The zero-order valence-corrected chi connectivity index (χ0v) is 7.24. The number of aromatic hydroxyl groups is 1. The standard InChI is InChI=1S/C8H10ClNO/c1-5-3-6(10-2)4-7(9)8(5)11/h3-4,10-11H,1-2H3. The maximum atomic E-state index is 9.27. The van der Waals surface area contributed by atoms with Gasteiger partial charge in [0.25, 0.3) is 0 Å². The Hall–Kier alpha value is -0.890. The van der Waals surface area contributed by atoms with Crippen LogP contribution in [0.25, 0.3) is 0 Å². The van der Waals surface area contributed by atoms with Gasteiger partial charge in [0, 0.05) is 12.7 Å². The Bertz CT molecular complexity index is 250. The van der Waals surface area contributed by atoms with Crippen molar-refractivity contribution >= 4 is 17.3 Å². The number of anilines is 1. The van der Waals surface area contributed by atoms with Crippen molar-refractivity contribution in [2.45, 2.75) is 6.92 Å². The summed E-state index contributed by atoms with van der Waals surface area (Å²) in [5.41, 5.74) is 1.69. The van der Waals surface area contributed by atoms with Crippen LogP contribution in [-0.2, 0) is 0 Å². The smallest absolute Gasteiger partial charge is 0.137 e. The molecule has 11 heavy (non-hydrogen) atoms. The summed E-state index contributed by atoms with van der Waals surface area (Å²) in [5, 5.41) is 12.6. The van der Waals surface area contributed by atoms with Crippen LogP contribution in [0, 0.1) is 6.92 Å². The van der Waals surface area contributed by atoms with Gasteiger partial charge in [0.15, 0.2) is 0 Å². The molecule has 60 valence electrons. The van der Waals surface area contributed by atoms with E-state index in [-0.39, 0.29) is 5.75 Å². The molecule has 0 aliphatic rings. The largest absolute Gasteiger partial charge is 0.506 e. The van der Waals surface area contributed by atoms with E-state index in [0.29, 0.717) is 5.02 Å². The van der Waals surface area contributed by atoms with E-state index in [1.54, 1.807) is 6.07 Å². The number of phenolic OH excluding ortho intramolecular Hbond substituents is 1. The highest BCUT2D eigenvalue weighted by Crippen LogP contribution is 2.30. The lowest BCUT2D eigenvalue weighted by Gasteiger charge is -2.05. The molecule has 0 bridgehead atoms. The van der Waals surface area contributed by atoms with Crippen molar-refractivity contribution in [3.8, 4) is 5.75 Å². The highest BCUT2D eigenvalue weighted by atomic mass is 35.5. The fraction of sp³-hybridized carbons (Fsp3) is 0.250. The maximum Gasteiger partial charge on any atom is 0.137 e. The molecule has 0 heterocycles. The minimum absolute atomic E-state index is 0.158. The molecule has 0 spiro atoms. The summed E-state index contributed by atoms with van der Waals surface area (Å²) in [7, 11) is 1.81. The van der Waals surface area contributed by atoms with Crippen molar-refractivity contribution in [2.24, 2.45) is 0 Å². The van der Waals surface area contributed by atoms with Gasteiger partial charge in [0.05, 0.1) is 5.02 Å². The van der Waals surface area contributed by atoms with E-state index in [1.807, 2.05) is 20.0 Å². The molecule has 2 N–H and O–H groups in total. The molecule has 2 nitrogen and oxygen atoms in total. The molecule has 0 aliphatic heterocycles. The molecule has 1 aromatic rings. The van der Waals surface area contributed by atoms with E-state index in [9.17, 15) is 5.11 Å². The van der Waals surface area contributed by atoms with Gasteiger partial charge in [0.2, 0.25) is 0 Å². The molecule has 0 amide bonds. The summed E-state index contributed by atoms with van der Waals surface area (Å²) in [5.74, 6) is 0.158. The molecule has 1 rings (SSSR count). The second-order valence-electron chi connectivity index (χ2n) is 2.37. The van der Waals surface area contributed by atoms with Gasteiger partial charge >= 0.3 is 0 Å². The summed E-state index contributed by atoms with van der Waals surface area (Å²) in [6, 6.07) is 3.52. The third-order valence-electron chi connectivity index (χ3n) is 1.54. The van der Waals surface area contributed by atoms with Crippen LogP contribution in [0.15, 0.2) is 12.1 Å². The van der Waals surface area contributed by atoms with Crippen molar-refractivity contribution in [1.29, 1.82) is 0 Å². The lowest BCUT2D eigenvalue weighted by atomic mass is 10.2. The number of rotatable bonds is 1. The molecule has 0 aliphatic carbocycles. The average Bonchev–Trinajstić information content (AvgIpc) is 1.99. The van der Waals surface area contributed by atoms with Gasteiger partial charge in [0.1, 0.15) is 5.75 Å². The van der Waals surface area contributed by atoms with E-state index in [2.05, 4.69) is 5.32 Å². The normalized spacial score (nSPS) is 9.73. The third-order valence-corrected chi connectivity index (χ3v) is 1.83. The summed E-state index contributed by atoms with van der Waals surface area (Å²) >= 11 is 5.71. The average molecular weight is 172 g/mol. The highest BCUT2D eigenvalue weighted by molar-refractivity contribution is 6.32. The SMILES string of the molecule is CNc1cc(C)c(O)c(Cl)c1. The summed E-state index contributed by atoms with van der Waals surface area (Å²) in [4.78, 5) is 0. The zero-order valence-electron chi connectivity index (χ0n) is 6.48. The van der Waals surface area contributed by atoms with E-state index in [1.165, 1.54) is 0 Å². The molecule has 3 heteroatoms. The first kappa shape index (κ1) is 8.21. The molecular formula is C8H10ClNO. The summed E-state index contributed by atoms with van der Waals surface area (Å²) < 4.78 is 0. The second-order valence-corrected chi connectivity index (χ2v) is 2.78. The van der Waals surface area contributed by atoms with Crippen molar-refractivity contribution in [2.75, 3.05) is 12.4 Å². The van der Waals surface area contributed by atoms with Crippen molar-refractivity contribution < 1.29 is 5.11 Å². The number of hydrogen-bond acceptors (Lipinski definition) is 2. The van der Waals surface area contributed by atoms with Crippen LogP contribution in [-0.4, -0.2) is 12.2 Å². The summed E-state index contributed by atoms with van der Waals surface area (Å²) in [6.45, 7) is 1.81. The maximum absolute atomic E-state index is 9.27. The van der Waals surface area contributed by atoms with Gasteiger partial charge in [-0.1, -0.05) is 11.6 Å². The number of phenols is 1. The van der Waals surface area contributed by atoms with E-state index < -0.39 is 0 Å². The monoisotopic (exact) mass is 171 g/mol. The lowest BCUT2D eigenvalue weighted by Crippen LogP contribution is -1.88. The molecule has 0 atom stereocenters. The Kier molecular flexibility index (Phi) is 2.25. The Morgan fingerprint density at radius 2 is 2.09 bits per heavy atom. The minimum Gasteiger partial charge on any atom is -0.506 e. The molecule has 0 saturated heterocycles. The third kappa shape index (κ3) is 1.57. The van der Waals surface area contributed by atoms with Crippen LogP contribution < -0.4 is 5.32 Å². The number of halogens is 1. The Labute approximate surface area is 70.8 Å². The topological polar surface area (TPSA) is 32.3 Å². The van der Waals surface area contributed by atoms with E-state index in [0.717, 1.165) is 11.3 Å². The number of aryl methyl sites for hydroxylation is 1. The van der Waals surface area contributed by atoms with E-state index in [4.69, 9.17) is 11.6 Å². The molecular weight excluding hydrogens is 162 g/mol. The number of hydrogen-bond donors (Lipinski definition) is 2. The first-order valence-electron chi connectivity index (χ1n) is 3.32. The number of nitrogens with one attached hydrogen (secondary N) is 1. The van der Waals surface area contributed by atoms with Gasteiger partial charge in [-0.05, 0) is 24.6 Å². The number of benzene rings is 1. The zero-order chi connectivity index (χ0) is 8.43. The van der Waals surface area contributed by atoms with Gasteiger partial charge < -0.3 is 10.4 Å². The van der Waals surface area contributed by atoms with E-state index >= 15 is 0 Å². The molecule has 0 radical (unpaired) electrons. The Morgan fingerprint density at radius 3 is 2.55 bits per heavy atom. The van der Waals surface area contributed by atoms with Crippen LogP contribution in [0.1, 0.15) is 5.56 Å². The summed E-state index contributed by atoms with van der Waals surface area (Å²) in [6.07, 6.45) is 0. The van der Waals surface area contributed by atoms with Crippen LogP contribution in [0.3, 0.4) is 0 Å². The van der Waals surface area contributed by atoms with Crippen LogP contribution in [0.4, 0.5) is 5.69 Å². The quantitative estimate of drug-likeness (QED) is 0.636. The second kappa shape index (κ2) is 3.01. The minimum atomic E-state index is 0.158. The van der Waals surface area contributed by atoms with Gasteiger partial charge in [-0.15, -0.1) is 0 Å². The fourth-order valence-electron chi connectivity index (χ4n) is 0.881. The van der Waals surface area contributed by atoms with Crippen LogP contribution in [0.2, 0.25) is 5.02 Å². The van der Waals surface area contributed by atoms with Crippen molar-refractivity contribution in [3.05, 3.63) is 22.7 Å². The highest BCUT2D eigenvalue weighted by Gasteiger charge is 2.02. The van der Waals surface area contributed by atoms with Gasteiger partial charge in [-0.3, -0.25) is 0 Å². The molecule has 0 aromatic heterocycles. The molecule has 0 saturated carbocycles. The van der Waals surface area contributed by atoms with Crippen LogP contribution >= 0.6 is 11.6 Å². The van der Waals surface area contributed by atoms with Gasteiger partial charge in [-0.25, -0.2) is 0 Å². The molecule has 0 fully saturated rings. The predicted octanol–water partition coefficient (Wildman–Crippen LogP) is 2.40. The van der Waals surface area contributed by atoms with Gasteiger partial charge in [-0.2, -0.15) is 0 Å². The predicted molar refractivity (Wildman–Crippen MR) is 47.4 cm³/mol. The van der Waals surface area contributed by atoms with Crippen LogP contribution in [0.5, 0.6) is 5.75 Å². The van der Waals surface area contributed by atoms with Crippen molar-refractivity contribution in [3.63, 3.8) is 0 Å². The van der Waals surface area contributed by atoms with Crippen molar-refractivity contribution in [1.82, 2.24) is 0 Å². The Balaban J connectivity index is 3.21. The Morgan fingerprint density at radius 1 is 1.45 bits per heavy atom. The lowest BCUT2D eigenvalue weighted by molar-refractivity contribution is 0.471.